The van der Waals surface area contributed by atoms with Crippen LogP contribution in [0.1, 0.15) is 13.8 Å². The van der Waals surface area contributed by atoms with Gasteiger partial charge in [0.15, 0.2) is 0 Å². The van der Waals surface area contributed by atoms with Crippen LogP contribution in [0, 0.1) is 5.82 Å². The number of carbonyl (C=O) groups excluding carboxylic acids is 1. The third-order valence-corrected chi connectivity index (χ3v) is 3.20. The first-order valence-corrected chi connectivity index (χ1v) is 7.01. The van der Waals surface area contributed by atoms with Crippen molar-refractivity contribution in [1.29, 1.82) is 0 Å². The van der Waals surface area contributed by atoms with Crippen molar-refractivity contribution in [3.05, 3.63) is 30.1 Å². The normalized spacial score (nSPS) is 10.8. The molecule has 106 valence electrons. The van der Waals surface area contributed by atoms with Crippen molar-refractivity contribution < 1.29 is 9.18 Å². The second-order valence-electron chi connectivity index (χ2n) is 4.36. The van der Waals surface area contributed by atoms with Gasteiger partial charge < -0.3 is 5.32 Å². The Kier molecular flexibility index (Phi) is 4.67. The van der Waals surface area contributed by atoms with Gasteiger partial charge >= 0.3 is 0 Å². The van der Waals surface area contributed by atoms with Crippen LogP contribution in [0.25, 0.3) is 5.69 Å². The van der Waals surface area contributed by atoms with Gasteiger partial charge in [-0.05, 0) is 42.5 Å². The Morgan fingerprint density at radius 2 is 2.30 bits per heavy atom. The molecular weight excluding hydrogens is 281 g/mol. The van der Waals surface area contributed by atoms with Crippen LogP contribution in [0.15, 0.2) is 29.4 Å². The molecule has 2 aromatic rings. The number of nitrogens with one attached hydrogen (secondary N) is 1. The third kappa shape index (κ3) is 3.77. The zero-order chi connectivity index (χ0) is 14.5. The molecule has 1 heterocycles. The largest absolute Gasteiger partial charge is 0.353 e. The molecule has 0 atom stereocenters. The standard InChI is InChI=1S/C12H14FN5OS/c1-8(2)14-11(19)7-20-12-15-16-17-18(12)10-5-3-4-9(13)6-10/h3-6,8H,7H2,1-2H3,(H,14,19). The highest BCUT2D eigenvalue weighted by Gasteiger charge is 2.12. The van der Waals surface area contributed by atoms with E-state index in [1.165, 1.54) is 28.6 Å². The highest BCUT2D eigenvalue weighted by Crippen LogP contribution is 2.18. The van der Waals surface area contributed by atoms with E-state index in [9.17, 15) is 9.18 Å². The summed E-state index contributed by atoms with van der Waals surface area (Å²) in [5.41, 5.74) is 0.516. The molecule has 0 spiro atoms. The van der Waals surface area contributed by atoms with Crippen LogP contribution in [0.3, 0.4) is 0 Å². The fourth-order valence-electron chi connectivity index (χ4n) is 1.53. The summed E-state index contributed by atoms with van der Waals surface area (Å²) < 4.78 is 14.6. The summed E-state index contributed by atoms with van der Waals surface area (Å²) in [6.07, 6.45) is 0. The minimum Gasteiger partial charge on any atom is -0.353 e. The molecule has 0 aliphatic rings. The van der Waals surface area contributed by atoms with E-state index in [0.29, 0.717) is 10.8 Å². The first-order chi connectivity index (χ1) is 9.56. The molecule has 0 saturated carbocycles. The molecule has 0 aliphatic heterocycles. The molecule has 2 rings (SSSR count). The summed E-state index contributed by atoms with van der Waals surface area (Å²) in [6, 6.07) is 6.03. The van der Waals surface area contributed by atoms with Crippen LogP contribution in [-0.2, 0) is 4.79 Å². The molecule has 0 saturated heterocycles. The second kappa shape index (κ2) is 6.47. The summed E-state index contributed by atoms with van der Waals surface area (Å²) in [5, 5.41) is 14.4. The summed E-state index contributed by atoms with van der Waals surface area (Å²) >= 11 is 1.20. The predicted molar refractivity (Wildman–Crippen MR) is 73.1 cm³/mol. The molecule has 20 heavy (non-hydrogen) atoms. The number of tetrazole rings is 1. The molecule has 1 amide bonds. The molecule has 1 aromatic heterocycles. The molecule has 0 bridgehead atoms. The fourth-order valence-corrected chi connectivity index (χ4v) is 2.23. The van der Waals surface area contributed by atoms with Crippen LogP contribution < -0.4 is 5.32 Å². The highest BCUT2D eigenvalue weighted by atomic mass is 32.2. The lowest BCUT2D eigenvalue weighted by molar-refractivity contribution is -0.119. The maximum atomic E-state index is 13.2. The Labute approximate surface area is 119 Å². The van der Waals surface area contributed by atoms with Gasteiger partial charge in [-0.1, -0.05) is 17.8 Å². The van der Waals surface area contributed by atoms with Crippen molar-refractivity contribution in [2.75, 3.05) is 5.75 Å². The maximum absolute atomic E-state index is 13.2. The number of rotatable bonds is 5. The Morgan fingerprint density at radius 1 is 1.50 bits per heavy atom. The zero-order valence-corrected chi connectivity index (χ0v) is 11.9. The van der Waals surface area contributed by atoms with Crippen molar-refractivity contribution in [2.45, 2.75) is 25.0 Å². The lowest BCUT2D eigenvalue weighted by Gasteiger charge is -2.07. The van der Waals surface area contributed by atoms with Gasteiger partial charge in [-0.2, -0.15) is 4.68 Å². The Bertz CT molecular complexity index is 601. The van der Waals surface area contributed by atoms with Gasteiger partial charge in [0.1, 0.15) is 5.82 Å². The van der Waals surface area contributed by atoms with E-state index in [-0.39, 0.29) is 23.5 Å². The molecule has 0 aliphatic carbocycles. The molecule has 6 nitrogen and oxygen atoms in total. The van der Waals surface area contributed by atoms with E-state index < -0.39 is 0 Å². The number of amides is 1. The number of halogens is 1. The summed E-state index contributed by atoms with van der Waals surface area (Å²) in [4.78, 5) is 11.6. The van der Waals surface area contributed by atoms with Crippen LogP contribution in [0.2, 0.25) is 0 Å². The van der Waals surface area contributed by atoms with Gasteiger partial charge in [-0.3, -0.25) is 4.79 Å². The molecular formula is C12H14FN5OS. The average Bonchev–Trinajstić information content (AvgIpc) is 2.84. The Morgan fingerprint density at radius 3 is 3.00 bits per heavy atom. The van der Waals surface area contributed by atoms with E-state index in [1.54, 1.807) is 12.1 Å². The number of hydrogen-bond acceptors (Lipinski definition) is 5. The third-order valence-electron chi connectivity index (χ3n) is 2.28. The Balaban J connectivity index is 2.08. The predicted octanol–water partition coefficient (Wildman–Crippen LogP) is 1.42. The number of thioether (sulfide) groups is 1. The average molecular weight is 295 g/mol. The van der Waals surface area contributed by atoms with Crippen LogP contribution in [-0.4, -0.2) is 37.9 Å². The van der Waals surface area contributed by atoms with Crippen molar-refractivity contribution in [2.24, 2.45) is 0 Å². The summed E-state index contributed by atoms with van der Waals surface area (Å²) in [6.45, 7) is 3.78. The van der Waals surface area contributed by atoms with Gasteiger partial charge in [-0.15, -0.1) is 5.10 Å². The SMILES string of the molecule is CC(C)NC(=O)CSc1nnnn1-c1cccc(F)c1. The molecule has 1 N–H and O–H groups in total. The van der Waals surface area contributed by atoms with E-state index in [2.05, 4.69) is 20.8 Å². The molecule has 1 aromatic carbocycles. The monoisotopic (exact) mass is 295 g/mol. The minimum absolute atomic E-state index is 0.0855. The van der Waals surface area contributed by atoms with E-state index in [4.69, 9.17) is 0 Å². The summed E-state index contributed by atoms with van der Waals surface area (Å²) in [5.74, 6) is -0.265. The number of hydrogen-bond donors (Lipinski definition) is 1. The van der Waals surface area contributed by atoms with Gasteiger partial charge in [0.2, 0.25) is 11.1 Å². The van der Waals surface area contributed by atoms with Crippen LogP contribution >= 0.6 is 11.8 Å². The lowest BCUT2D eigenvalue weighted by Crippen LogP contribution is -2.31. The number of nitrogens with zero attached hydrogens (tertiary/aromatic N) is 4. The van der Waals surface area contributed by atoms with E-state index in [1.807, 2.05) is 13.8 Å². The summed E-state index contributed by atoms with van der Waals surface area (Å²) in [7, 11) is 0. The second-order valence-corrected chi connectivity index (χ2v) is 5.31. The van der Waals surface area contributed by atoms with Crippen molar-refractivity contribution in [3.63, 3.8) is 0 Å². The number of aromatic nitrogens is 4. The van der Waals surface area contributed by atoms with Gasteiger partial charge in [0.25, 0.3) is 0 Å². The Hall–Kier alpha value is -1.96. The van der Waals surface area contributed by atoms with Gasteiger partial charge in [-0.25, -0.2) is 4.39 Å². The lowest BCUT2D eigenvalue weighted by atomic mass is 10.3. The molecule has 0 unspecified atom stereocenters. The number of benzene rings is 1. The smallest absolute Gasteiger partial charge is 0.230 e. The van der Waals surface area contributed by atoms with Crippen molar-refractivity contribution in [3.8, 4) is 5.69 Å². The van der Waals surface area contributed by atoms with E-state index >= 15 is 0 Å². The molecule has 0 fully saturated rings. The quantitative estimate of drug-likeness (QED) is 0.845. The molecule has 8 heteroatoms. The molecule has 0 radical (unpaired) electrons. The first kappa shape index (κ1) is 14.4. The van der Waals surface area contributed by atoms with Crippen LogP contribution in [0.5, 0.6) is 0 Å². The van der Waals surface area contributed by atoms with Gasteiger partial charge in [0, 0.05) is 6.04 Å². The highest BCUT2D eigenvalue weighted by molar-refractivity contribution is 7.99. The topological polar surface area (TPSA) is 72.7 Å². The van der Waals surface area contributed by atoms with Gasteiger partial charge in [0.05, 0.1) is 11.4 Å². The first-order valence-electron chi connectivity index (χ1n) is 6.03. The van der Waals surface area contributed by atoms with Crippen molar-refractivity contribution >= 4 is 17.7 Å². The maximum Gasteiger partial charge on any atom is 0.230 e. The number of carbonyl (C=O) groups is 1. The fraction of sp³-hybridized carbons (Fsp3) is 0.333. The van der Waals surface area contributed by atoms with Crippen molar-refractivity contribution in [1.82, 2.24) is 25.5 Å². The van der Waals surface area contributed by atoms with E-state index in [0.717, 1.165) is 0 Å². The van der Waals surface area contributed by atoms with Crippen LogP contribution in [0.4, 0.5) is 4.39 Å². The zero-order valence-electron chi connectivity index (χ0n) is 11.1. The minimum atomic E-state index is -0.369.